The van der Waals surface area contributed by atoms with Crippen molar-refractivity contribution in [2.24, 2.45) is 0 Å². The first-order valence-corrected chi connectivity index (χ1v) is 6.31. The van der Waals surface area contributed by atoms with Crippen molar-refractivity contribution in [1.82, 2.24) is 15.3 Å². The molecule has 1 saturated heterocycles. The van der Waals surface area contributed by atoms with E-state index in [9.17, 15) is 9.59 Å². The minimum atomic E-state index is -0.508. The van der Waals surface area contributed by atoms with Crippen LogP contribution in [0.15, 0.2) is 6.33 Å². The molecule has 0 aliphatic carbocycles. The van der Waals surface area contributed by atoms with E-state index in [-0.39, 0.29) is 18.4 Å². The fourth-order valence-corrected chi connectivity index (χ4v) is 2.02. The van der Waals surface area contributed by atoms with Crippen molar-refractivity contribution in [1.29, 1.82) is 0 Å². The van der Waals surface area contributed by atoms with E-state index >= 15 is 0 Å². The van der Waals surface area contributed by atoms with Crippen LogP contribution in [0.3, 0.4) is 0 Å². The number of hydrogen-bond acceptors (Lipinski definition) is 7. The molecule has 1 aromatic heterocycles. The van der Waals surface area contributed by atoms with Gasteiger partial charge < -0.3 is 15.0 Å². The summed E-state index contributed by atoms with van der Waals surface area (Å²) in [6.07, 6.45) is 1.37. The van der Waals surface area contributed by atoms with Gasteiger partial charge in [0.05, 0.1) is 13.7 Å². The number of nitrogens with zero attached hydrogens (tertiary/aromatic N) is 3. The molecule has 8 heteroatoms. The van der Waals surface area contributed by atoms with Crippen LogP contribution in [-0.4, -0.2) is 48.0 Å². The van der Waals surface area contributed by atoms with Crippen LogP contribution in [0.1, 0.15) is 13.8 Å². The summed E-state index contributed by atoms with van der Waals surface area (Å²) in [6.45, 7) is 4.35. The Bertz CT molecular complexity index is 534. The van der Waals surface area contributed by atoms with Crippen LogP contribution in [-0.2, 0) is 9.59 Å². The summed E-state index contributed by atoms with van der Waals surface area (Å²) in [5.41, 5.74) is 0. The Hall–Kier alpha value is -2.38. The van der Waals surface area contributed by atoms with Gasteiger partial charge in [0.25, 0.3) is 0 Å². The number of carbonyl (C=O) groups excluding carboxylic acids is 2. The van der Waals surface area contributed by atoms with Crippen molar-refractivity contribution < 1.29 is 14.3 Å². The summed E-state index contributed by atoms with van der Waals surface area (Å²) in [4.78, 5) is 33.1. The number of imide groups is 1. The molecule has 2 N–H and O–H groups in total. The van der Waals surface area contributed by atoms with E-state index in [4.69, 9.17) is 4.74 Å². The second-order valence-corrected chi connectivity index (χ2v) is 4.33. The van der Waals surface area contributed by atoms with Gasteiger partial charge in [-0.15, -0.1) is 0 Å². The Labute approximate surface area is 116 Å². The third-order valence-electron chi connectivity index (χ3n) is 3.03. The first kappa shape index (κ1) is 14.0. The average molecular weight is 279 g/mol. The maximum absolute atomic E-state index is 11.7. The summed E-state index contributed by atoms with van der Waals surface area (Å²) >= 11 is 0. The molecule has 2 rings (SSSR count). The molecule has 1 aromatic rings. The lowest BCUT2D eigenvalue weighted by Gasteiger charge is -2.33. The molecule has 8 nitrogen and oxygen atoms in total. The lowest BCUT2D eigenvalue weighted by molar-refractivity contribution is -0.132. The summed E-state index contributed by atoms with van der Waals surface area (Å²) in [5, 5.41) is 5.34. The SMILES string of the molecule is CCNc1ncnc(N2CC(=O)NC(=O)C2C)c1OC. The molecule has 0 radical (unpaired) electrons. The predicted octanol–water partition coefficient (Wildman–Crippen LogP) is -0.232. The Kier molecular flexibility index (Phi) is 4.02. The van der Waals surface area contributed by atoms with Crippen molar-refractivity contribution in [3.8, 4) is 5.75 Å². The van der Waals surface area contributed by atoms with Crippen LogP contribution in [0.5, 0.6) is 5.75 Å². The highest BCUT2D eigenvalue weighted by Gasteiger charge is 2.33. The Morgan fingerprint density at radius 3 is 2.90 bits per heavy atom. The number of methoxy groups -OCH3 is 1. The van der Waals surface area contributed by atoms with Gasteiger partial charge >= 0.3 is 0 Å². The van der Waals surface area contributed by atoms with E-state index in [1.807, 2.05) is 6.92 Å². The minimum absolute atomic E-state index is 0.0475. The van der Waals surface area contributed by atoms with Gasteiger partial charge in [-0.05, 0) is 13.8 Å². The zero-order valence-electron chi connectivity index (χ0n) is 11.6. The highest BCUT2D eigenvalue weighted by molar-refractivity contribution is 6.04. The van der Waals surface area contributed by atoms with E-state index in [1.54, 1.807) is 11.8 Å². The molecule has 0 aromatic carbocycles. The molecule has 1 fully saturated rings. The summed E-state index contributed by atoms with van der Waals surface area (Å²) in [5.74, 6) is 0.661. The molecule has 2 amide bonds. The summed E-state index contributed by atoms with van der Waals surface area (Å²) in [6, 6.07) is -0.508. The van der Waals surface area contributed by atoms with E-state index in [1.165, 1.54) is 13.4 Å². The molecular formula is C12H17N5O3. The minimum Gasteiger partial charge on any atom is -0.490 e. The highest BCUT2D eigenvalue weighted by Crippen LogP contribution is 2.33. The molecule has 2 heterocycles. The molecule has 20 heavy (non-hydrogen) atoms. The number of piperazine rings is 1. The zero-order valence-corrected chi connectivity index (χ0v) is 11.6. The van der Waals surface area contributed by atoms with Crippen molar-refractivity contribution in [3.63, 3.8) is 0 Å². The van der Waals surface area contributed by atoms with Gasteiger partial charge in [-0.1, -0.05) is 0 Å². The topological polar surface area (TPSA) is 96.5 Å². The number of ether oxygens (including phenoxy) is 1. The standard InChI is InChI=1S/C12H17N5O3/c1-4-13-10-9(20-3)11(15-6-14-10)17-5-8(18)16-12(19)7(17)2/h6-7H,4-5H2,1-3H3,(H,13,14,15)(H,16,18,19). The molecular weight excluding hydrogens is 262 g/mol. The second kappa shape index (κ2) is 5.72. The first-order valence-electron chi connectivity index (χ1n) is 6.31. The maximum atomic E-state index is 11.7. The van der Waals surface area contributed by atoms with Gasteiger partial charge in [0.15, 0.2) is 11.6 Å². The lowest BCUT2D eigenvalue weighted by Crippen LogP contribution is -2.57. The van der Waals surface area contributed by atoms with Gasteiger partial charge in [-0.3, -0.25) is 14.9 Å². The Balaban J connectivity index is 2.42. The molecule has 1 atom stereocenters. The number of rotatable bonds is 4. The highest BCUT2D eigenvalue weighted by atomic mass is 16.5. The van der Waals surface area contributed by atoms with Crippen molar-refractivity contribution in [3.05, 3.63) is 6.33 Å². The molecule has 0 saturated carbocycles. The smallest absolute Gasteiger partial charge is 0.249 e. The number of hydrogen-bond donors (Lipinski definition) is 2. The van der Waals surface area contributed by atoms with Gasteiger partial charge in [0, 0.05) is 6.54 Å². The van der Waals surface area contributed by atoms with Gasteiger partial charge in [-0.25, -0.2) is 9.97 Å². The maximum Gasteiger partial charge on any atom is 0.249 e. The zero-order chi connectivity index (χ0) is 14.7. The van der Waals surface area contributed by atoms with Gasteiger partial charge in [-0.2, -0.15) is 0 Å². The first-order chi connectivity index (χ1) is 9.58. The van der Waals surface area contributed by atoms with Crippen molar-refractivity contribution >= 4 is 23.5 Å². The largest absolute Gasteiger partial charge is 0.490 e. The molecule has 1 unspecified atom stereocenters. The predicted molar refractivity (Wildman–Crippen MR) is 72.7 cm³/mol. The second-order valence-electron chi connectivity index (χ2n) is 4.33. The summed E-state index contributed by atoms with van der Waals surface area (Å²) < 4.78 is 5.33. The van der Waals surface area contributed by atoms with Crippen LogP contribution < -0.4 is 20.3 Å². The molecule has 0 spiro atoms. The van der Waals surface area contributed by atoms with Crippen LogP contribution in [0.25, 0.3) is 0 Å². The third-order valence-corrected chi connectivity index (χ3v) is 3.03. The molecule has 0 bridgehead atoms. The van der Waals surface area contributed by atoms with Gasteiger partial charge in [0.2, 0.25) is 17.6 Å². The van der Waals surface area contributed by atoms with Crippen LogP contribution >= 0.6 is 0 Å². The number of aromatic nitrogens is 2. The van der Waals surface area contributed by atoms with E-state index < -0.39 is 6.04 Å². The van der Waals surface area contributed by atoms with Crippen molar-refractivity contribution in [2.75, 3.05) is 30.4 Å². The number of amides is 2. The average Bonchev–Trinajstić information content (AvgIpc) is 2.43. The number of nitrogens with one attached hydrogen (secondary N) is 2. The Morgan fingerprint density at radius 1 is 1.50 bits per heavy atom. The molecule has 1 aliphatic heterocycles. The van der Waals surface area contributed by atoms with Crippen LogP contribution in [0, 0.1) is 0 Å². The normalized spacial score (nSPS) is 18.8. The third kappa shape index (κ3) is 2.49. The fourth-order valence-electron chi connectivity index (χ4n) is 2.02. The van der Waals surface area contributed by atoms with Gasteiger partial charge in [0.1, 0.15) is 12.4 Å². The van der Waals surface area contributed by atoms with Crippen LogP contribution in [0.4, 0.5) is 11.6 Å². The quantitative estimate of drug-likeness (QED) is 0.735. The number of anilines is 2. The van der Waals surface area contributed by atoms with Crippen LogP contribution in [0.2, 0.25) is 0 Å². The number of carbonyl (C=O) groups is 2. The Morgan fingerprint density at radius 2 is 2.25 bits per heavy atom. The van der Waals surface area contributed by atoms with Crippen molar-refractivity contribution in [2.45, 2.75) is 19.9 Å². The monoisotopic (exact) mass is 279 g/mol. The van der Waals surface area contributed by atoms with E-state index in [2.05, 4.69) is 20.6 Å². The lowest BCUT2D eigenvalue weighted by atomic mass is 10.2. The molecule has 108 valence electrons. The fraction of sp³-hybridized carbons (Fsp3) is 0.500. The van der Waals surface area contributed by atoms with E-state index in [0.717, 1.165) is 0 Å². The molecule has 1 aliphatic rings. The summed E-state index contributed by atoms with van der Waals surface area (Å²) in [7, 11) is 1.50. The van der Waals surface area contributed by atoms with E-state index in [0.29, 0.717) is 23.9 Å².